The summed E-state index contributed by atoms with van der Waals surface area (Å²) in [6.07, 6.45) is 5.08. The summed E-state index contributed by atoms with van der Waals surface area (Å²) >= 11 is 0. The normalized spacial score (nSPS) is 23.6. The van der Waals surface area contributed by atoms with Crippen molar-refractivity contribution in [3.8, 4) is 0 Å². The molecule has 0 aromatic carbocycles. The standard InChI is InChI=1S/C14H22N2O3S/c1-11-3-2-4-13(9-11)20(18,19)8-7-16-10-12(15)5-6-14(16)17/h5-6,10-11,13H,2-4,7-9,15H2,1H3. The maximum atomic E-state index is 12.4. The Hall–Kier alpha value is -1.30. The summed E-state index contributed by atoms with van der Waals surface area (Å²) in [4.78, 5) is 11.6. The third-order valence-electron chi connectivity index (χ3n) is 4.02. The summed E-state index contributed by atoms with van der Waals surface area (Å²) in [5.74, 6) is 0.479. The van der Waals surface area contributed by atoms with Crippen molar-refractivity contribution < 1.29 is 8.42 Å². The number of nitrogen functional groups attached to an aromatic ring is 1. The van der Waals surface area contributed by atoms with Gasteiger partial charge in [0.05, 0.1) is 11.0 Å². The van der Waals surface area contributed by atoms with Gasteiger partial charge in [-0.2, -0.15) is 0 Å². The number of anilines is 1. The Kier molecular flexibility index (Phi) is 4.52. The lowest BCUT2D eigenvalue weighted by Crippen LogP contribution is -2.32. The fraction of sp³-hybridized carbons (Fsp3) is 0.643. The van der Waals surface area contributed by atoms with Gasteiger partial charge in [-0.25, -0.2) is 8.42 Å². The molecule has 2 rings (SSSR count). The molecule has 112 valence electrons. The largest absolute Gasteiger partial charge is 0.398 e. The second kappa shape index (κ2) is 5.99. The molecule has 0 spiro atoms. The molecule has 20 heavy (non-hydrogen) atoms. The number of aromatic nitrogens is 1. The molecule has 0 radical (unpaired) electrons. The second-order valence-electron chi connectivity index (χ2n) is 5.75. The smallest absolute Gasteiger partial charge is 0.250 e. The number of pyridine rings is 1. The van der Waals surface area contributed by atoms with Crippen molar-refractivity contribution in [2.45, 2.75) is 44.4 Å². The molecule has 1 fully saturated rings. The lowest BCUT2D eigenvalue weighted by Gasteiger charge is -2.26. The topological polar surface area (TPSA) is 82.2 Å². The molecule has 1 aliphatic rings. The highest BCUT2D eigenvalue weighted by molar-refractivity contribution is 7.92. The third kappa shape index (κ3) is 3.62. The highest BCUT2D eigenvalue weighted by Gasteiger charge is 2.29. The van der Waals surface area contributed by atoms with Crippen molar-refractivity contribution in [3.63, 3.8) is 0 Å². The molecule has 0 aliphatic heterocycles. The Labute approximate surface area is 119 Å². The van der Waals surface area contributed by atoms with Crippen molar-refractivity contribution >= 4 is 15.5 Å². The lowest BCUT2D eigenvalue weighted by atomic mass is 9.91. The molecule has 0 saturated heterocycles. The summed E-state index contributed by atoms with van der Waals surface area (Å²) in [5, 5.41) is -0.247. The van der Waals surface area contributed by atoms with Crippen LogP contribution in [0.15, 0.2) is 23.1 Å². The molecule has 1 aromatic rings. The SMILES string of the molecule is CC1CCCC(S(=O)(=O)CCn2cc(N)ccc2=O)C1. The minimum atomic E-state index is -3.14. The van der Waals surface area contributed by atoms with Crippen LogP contribution in [0.2, 0.25) is 0 Å². The van der Waals surface area contributed by atoms with E-state index < -0.39 is 9.84 Å². The van der Waals surface area contributed by atoms with E-state index in [9.17, 15) is 13.2 Å². The molecule has 0 amide bonds. The summed E-state index contributed by atoms with van der Waals surface area (Å²) in [6, 6.07) is 2.89. The van der Waals surface area contributed by atoms with Crippen molar-refractivity contribution in [2.24, 2.45) is 5.92 Å². The van der Waals surface area contributed by atoms with Crippen LogP contribution >= 0.6 is 0 Å². The first kappa shape index (κ1) is 15.1. The molecular weight excluding hydrogens is 276 g/mol. The van der Waals surface area contributed by atoms with E-state index in [0.29, 0.717) is 11.6 Å². The van der Waals surface area contributed by atoms with Crippen LogP contribution < -0.4 is 11.3 Å². The average molecular weight is 298 g/mol. The maximum absolute atomic E-state index is 12.4. The summed E-state index contributed by atoms with van der Waals surface area (Å²) in [7, 11) is -3.14. The molecule has 5 nitrogen and oxygen atoms in total. The van der Waals surface area contributed by atoms with Crippen LogP contribution in [0.25, 0.3) is 0 Å². The zero-order valence-corrected chi connectivity index (χ0v) is 12.6. The van der Waals surface area contributed by atoms with E-state index >= 15 is 0 Å². The Balaban J connectivity index is 2.05. The molecule has 2 atom stereocenters. The Bertz CT molecular complexity index is 622. The zero-order chi connectivity index (χ0) is 14.8. The van der Waals surface area contributed by atoms with Gasteiger partial charge >= 0.3 is 0 Å². The van der Waals surface area contributed by atoms with Gasteiger partial charge in [0.2, 0.25) is 0 Å². The van der Waals surface area contributed by atoms with Gasteiger partial charge in [0.1, 0.15) is 0 Å². The van der Waals surface area contributed by atoms with Crippen molar-refractivity contribution in [3.05, 3.63) is 28.7 Å². The van der Waals surface area contributed by atoms with E-state index in [2.05, 4.69) is 6.92 Å². The first-order valence-corrected chi connectivity index (χ1v) is 8.77. The quantitative estimate of drug-likeness (QED) is 0.911. The third-order valence-corrected chi connectivity index (χ3v) is 6.21. The van der Waals surface area contributed by atoms with Crippen LogP contribution in [0.1, 0.15) is 32.6 Å². The molecule has 6 heteroatoms. The fourth-order valence-electron chi connectivity index (χ4n) is 2.82. The number of nitrogens with two attached hydrogens (primary N) is 1. The molecule has 1 saturated carbocycles. The molecule has 2 unspecified atom stereocenters. The number of hydrogen-bond acceptors (Lipinski definition) is 4. The second-order valence-corrected chi connectivity index (χ2v) is 8.16. The van der Waals surface area contributed by atoms with Crippen molar-refractivity contribution in [2.75, 3.05) is 11.5 Å². The van der Waals surface area contributed by atoms with Crippen LogP contribution in [0.5, 0.6) is 0 Å². The predicted octanol–water partition coefficient (Wildman–Crippen LogP) is 1.42. The zero-order valence-electron chi connectivity index (χ0n) is 11.8. The summed E-state index contributed by atoms with van der Waals surface area (Å²) < 4.78 is 26.1. The van der Waals surface area contributed by atoms with Gasteiger partial charge in [-0.15, -0.1) is 0 Å². The fourth-order valence-corrected chi connectivity index (χ4v) is 4.75. The number of nitrogens with zero attached hydrogens (tertiary/aromatic N) is 1. The summed E-state index contributed by atoms with van der Waals surface area (Å²) in [6.45, 7) is 2.28. The maximum Gasteiger partial charge on any atom is 0.250 e. The lowest BCUT2D eigenvalue weighted by molar-refractivity contribution is 0.381. The van der Waals surface area contributed by atoms with Crippen molar-refractivity contribution in [1.29, 1.82) is 0 Å². The van der Waals surface area contributed by atoms with E-state index in [-0.39, 0.29) is 23.1 Å². The number of hydrogen-bond donors (Lipinski definition) is 1. The number of aryl methyl sites for hydroxylation is 1. The minimum Gasteiger partial charge on any atom is -0.398 e. The van der Waals surface area contributed by atoms with E-state index in [4.69, 9.17) is 5.73 Å². The van der Waals surface area contributed by atoms with E-state index in [1.165, 1.54) is 22.9 Å². The summed E-state index contributed by atoms with van der Waals surface area (Å²) in [5.41, 5.74) is 5.87. The van der Waals surface area contributed by atoms with E-state index in [0.717, 1.165) is 25.7 Å². The predicted molar refractivity (Wildman–Crippen MR) is 80.3 cm³/mol. The van der Waals surface area contributed by atoms with Crippen LogP contribution in [-0.4, -0.2) is 24.0 Å². The highest BCUT2D eigenvalue weighted by atomic mass is 32.2. The molecule has 1 aliphatic carbocycles. The first-order chi connectivity index (χ1) is 9.38. The highest BCUT2D eigenvalue weighted by Crippen LogP contribution is 2.28. The number of rotatable bonds is 4. The molecular formula is C14H22N2O3S. The molecule has 1 heterocycles. The molecule has 0 bridgehead atoms. The van der Waals surface area contributed by atoms with Gasteiger partial charge in [0.25, 0.3) is 5.56 Å². The van der Waals surface area contributed by atoms with Gasteiger partial charge in [0.15, 0.2) is 9.84 Å². The van der Waals surface area contributed by atoms with Gasteiger partial charge in [-0.3, -0.25) is 4.79 Å². The Morgan fingerprint density at radius 3 is 2.80 bits per heavy atom. The van der Waals surface area contributed by atoms with Crippen LogP contribution in [0.3, 0.4) is 0 Å². The van der Waals surface area contributed by atoms with Crippen LogP contribution in [0.4, 0.5) is 5.69 Å². The Morgan fingerprint density at radius 2 is 2.10 bits per heavy atom. The monoisotopic (exact) mass is 298 g/mol. The van der Waals surface area contributed by atoms with Crippen molar-refractivity contribution in [1.82, 2.24) is 4.57 Å². The molecule has 2 N–H and O–H groups in total. The minimum absolute atomic E-state index is 0.00769. The van der Waals surface area contributed by atoms with Crippen LogP contribution in [-0.2, 0) is 16.4 Å². The van der Waals surface area contributed by atoms with Crippen LogP contribution in [0, 0.1) is 5.92 Å². The first-order valence-electron chi connectivity index (χ1n) is 7.06. The number of sulfone groups is 1. The van der Waals surface area contributed by atoms with Gasteiger partial charge in [-0.05, 0) is 24.8 Å². The van der Waals surface area contributed by atoms with E-state index in [1.807, 2.05) is 0 Å². The van der Waals surface area contributed by atoms with Gasteiger partial charge in [-0.1, -0.05) is 19.8 Å². The van der Waals surface area contributed by atoms with Gasteiger partial charge < -0.3 is 10.3 Å². The molecule has 1 aromatic heterocycles. The van der Waals surface area contributed by atoms with Gasteiger partial charge in [0, 0.05) is 24.5 Å². The average Bonchev–Trinajstić information content (AvgIpc) is 2.40. The van der Waals surface area contributed by atoms with E-state index in [1.54, 1.807) is 0 Å². The Morgan fingerprint density at radius 1 is 1.35 bits per heavy atom.